The van der Waals surface area contributed by atoms with Crippen LogP contribution in [0.5, 0.6) is 0 Å². The molecule has 1 N–H and O–H groups in total. The Hall–Kier alpha value is -0.0800. The zero-order valence-corrected chi connectivity index (χ0v) is 11.4. The van der Waals surface area contributed by atoms with Crippen molar-refractivity contribution in [3.63, 3.8) is 0 Å². The van der Waals surface area contributed by atoms with E-state index in [1.165, 1.54) is 25.7 Å². The first-order valence-corrected chi connectivity index (χ1v) is 6.93. The van der Waals surface area contributed by atoms with Crippen LogP contribution in [0.1, 0.15) is 65.7 Å². The molecular formula is C14H30O2. The topological polar surface area (TPSA) is 29.5 Å². The predicted octanol–water partition coefficient (Wildman–Crippen LogP) is 3.77. The number of hydrogen-bond donors (Lipinski definition) is 1. The molecule has 0 saturated carbocycles. The zero-order chi connectivity index (χ0) is 12.3. The van der Waals surface area contributed by atoms with Crippen molar-refractivity contribution in [1.82, 2.24) is 0 Å². The number of aliphatic hydroxyl groups is 1. The lowest BCUT2D eigenvalue weighted by molar-refractivity contribution is -0.00687. The van der Waals surface area contributed by atoms with Crippen LogP contribution in [0.4, 0.5) is 0 Å². The molecule has 0 saturated heterocycles. The van der Waals surface area contributed by atoms with Gasteiger partial charge < -0.3 is 9.84 Å². The molecule has 16 heavy (non-hydrogen) atoms. The molecule has 0 aromatic rings. The summed E-state index contributed by atoms with van der Waals surface area (Å²) in [5.41, 5.74) is 0.0290. The molecule has 0 bridgehead atoms. The third-order valence-corrected chi connectivity index (χ3v) is 3.21. The van der Waals surface area contributed by atoms with E-state index < -0.39 is 0 Å². The van der Waals surface area contributed by atoms with E-state index in [9.17, 15) is 5.11 Å². The fraction of sp³-hybridized carbons (Fsp3) is 1.00. The Kier molecular flexibility index (Phi) is 10.0. The fourth-order valence-corrected chi connectivity index (χ4v) is 2.01. The third kappa shape index (κ3) is 6.49. The van der Waals surface area contributed by atoms with Crippen LogP contribution in [0.3, 0.4) is 0 Å². The summed E-state index contributed by atoms with van der Waals surface area (Å²) in [5.74, 6) is 0. The Labute approximate surface area is 101 Å². The standard InChI is InChI=1S/C14H30O2/c1-4-7-9-14(12-15,10-8-5-2)13-16-11-6-3/h15H,4-13H2,1-3H3. The number of hydrogen-bond acceptors (Lipinski definition) is 2. The van der Waals surface area contributed by atoms with E-state index in [2.05, 4.69) is 20.8 Å². The van der Waals surface area contributed by atoms with Crippen molar-refractivity contribution in [2.75, 3.05) is 19.8 Å². The largest absolute Gasteiger partial charge is 0.396 e. The van der Waals surface area contributed by atoms with Gasteiger partial charge in [-0.3, -0.25) is 0 Å². The van der Waals surface area contributed by atoms with E-state index in [0.29, 0.717) is 0 Å². The first-order chi connectivity index (χ1) is 7.74. The van der Waals surface area contributed by atoms with Crippen LogP contribution in [-0.2, 0) is 4.74 Å². The van der Waals surface area contributed by atoms with Crippen LogP contribution in [0.25, 0.3) is 0 Å². The molecule has 0 unspecified atom stereocenters. The van der Waals surface area contributed by atoms with E-state index in [-0.39, 0.29) is 12.0 Å². The van der Waals surface area contributed by atoms with Crippen LogP contribution in [-0.4, -0.2) is 24.9 Å². The molecule has 2 nitrogen and oxygen atoms in total. The molecule has 0 spiro atoms. The van der Waals surface area contributed by atoms with Gasteiger partial charge in [-0.2, -0.15) is 0 Å². The van der Waals surface area contributed by atoms with Crippen LogP contribution in [0.15, 0.2) is 0 Å². The molecular weight excluding hydrogens is 200 g/mol. The molecule has 2 heteroatoms. The maximum absolute atomic E-state index is 9.65. The highest BCUT2D eigenvalue weighted by Gasteiger charge is 2.28. The Morgan fingerprint density at radius 3 is 1.88 bits per heavy atom. The monoisotopic (exact) mass is 230 g/mol. The smallest absolute Gasteiger partial charge is 0.0544 e. The molecule has 0 heterocycles. The maximum Gasteiger partial charge on any atom is 0.0544 e. The summed E-state index contributed by atoms with van der Waals surface area (Å²) in [4.78, 5) is 0. The van der Waals surface area contributed by atoms with Gasteiger partial charge in [0.05, 0.1) is 13.2 Å². The number of rotatable bonds is 11. The minimum absolute atomic E-state index is 0.0290. The Bertz CT molecular complexity index is 138. The van der Waals surface area contributed by atoms with E-state index in [1.54, 1.807) is 0 Å². The van der Waals surface area contributed by atoms with E-state index in [1.807, 2.05) is 0 Å². The molecule has 0 aliphatic heterocycles. The van der Waals surface area contributed by atoms with Crippen molar-refractivity contribution in [1.29, 1.82) is 0 Å². The summed E-state index contributed by atoms with van der Waals surface area (Å²) >= 11 is 0. The molecule has 0 aliphatic carbocycles. The van der Waals surface area contributed by atoms with Crippen molar-refractivity contribution in [3.8, 4) is 0 Å². The summed E-state index contributed by atoms with van der Waals surface area (Å²) < 4.78 is 5.67. The third-order valence-electron chi connectivity index (χ3n) is 3.21. The molecule has 0 atom stereocenters. The molecule has 98 valence electrons. The van der Waals surface area contributed by atoms with Crippen molar-refractivity contribution in [2.24, 2.45) is 5.41 Å². The van der Waals surface area contributed by atoms with Gasteiger partial charge >= 0.3 is 0 Å². The number of aliphatic hydroxyl groups excluding tert-OH is 1. The summed E-state index contributed by atoms with van der Waals surface area (Å²) in [6.45, 7) is 8.36. The van der Waals surface area contributed by atoms with Gasteiger partial charge in [0.1, 0.15) is 0 Å². The fourth-order valence-electron chi connectivity index (χ4n) is 2.01. The van der Waals surface area contributed by atoms with Crippen LogP contribution >= 0.6 is 0 Å². The van der Waals surface area contributed by atoms with Crippen molar-refractivity contribution in [3.05, 3.63) is 0 Å². The molecule has 0 rings (SSSR count). The normalized spacial score (nSPS) is 12.0. The van der Waals surface area contributed by atoms with Gasteiger partial charge in [-0.25, -0.2) is 0 Å². The second-order valence-corrected chi connectivity index (χ2v) is 4.92. The van der Waals surface area contributed by atoms with Crippen molar-refractivity contribution < 1.29 is 9.84 Å². The highest BCUT2D eigenvalue weighted by Crippen LogP contribution is 2.31. The molecule has 0 aromatic heterocycles. The van der Waals surface area contributed by atoms with Crippen molar-refractivity contribution in [2.45, 2.75) is 65.7 Å². The first kappa shape index (κ1) is 15.9. The predicted molar refractivity (Wildman–Crippen MR) is 69.7 cm³/mol. The zero-order valence-electron chi connectivity index (χ0n) is 11.4. The summed E-state index contributed by atoms with van der Waals surface area (Å²) in [5, 5.41) is 9.65. The van der Waals surface area contributed by atoms with Gasteiger partial charge in [0.25, 0.3) is 0 Å². The highest BCUT2D eigenvalue weighted by molar-refractivity contribution is 4.78. The lowest BCUT2D eigenvalue weighted by Crippen LogP contribution is -2.31. The molecule has 0 amide bonds. The summed E-state index contributed by atoms with van der Waals surface area (Å²) in [7, 11) is 0. The van der Waals surface area contributed by atoms with E-state index in [4.69, 9.17) is 4.74 Å². The molecule has 0 radical (unpaired) electrons. The lowest BCUT2D eigenvalue weighted by atomic mass is 9.79. The average molecular weight is 230 g/mol. The Balaban J connectivity index is 4.16. The van der Waals surface area contributed by atoms with Crippen molar-refractivity contribution >= 4 is 0 Å². The summed E-state index contributed by atoms with van der Waals surface area (Å²) in [6, 6.07) is 0. The van der Waals surface area contributed by atoms with Crippen LogP contribution < -0.4 is 0 Å². The number of ether oxygens (including phenoxy) is 1. The second-order valence-electron chi connectivity index (χ2n) is 4.92. The first-order valence-electron chi connectivity index (χ1n) is 6.93. The van der Waals surface area contributed by atoms with Gasteiger partial charge in [-0.05, 0) is 19.3 Å². The lowest BCUT2D eigenvalue weighted by Gasteiger charge is -2.31. The maximum atomic E-state index is 9.65. The number of unbranched alkanes of at least 4 members (excludes halogenated alkanes) is 2. The molecule has 0 aliphatic rings. The quantitative estimate of drug-likeness (QED) is 0.547. The van der Waals surface area contributed by atoms with Gasteiger partial charge in [0.2, 0.25) is 0 Å². The van der Waals surface area contributed by atoms with Gasteiger partial charge in [0, 0.05) is 12.0 Å². The highest BCUT2D eigenvalue weighted by atomic mass is 16.5. The minimum Gasteiger partial charge on any atom is -0.396 e. The van der Waals surface area contributed by atoms with Gasteiger partial charge in [0.15, 0.2) is 0 Å². The van der Waals surface area contributed by atoms with E-state index in [0.717, 1.165) is 32.5 Å². The molecule has 0 aromatic carbocycles. The van der Waals surface area contributed by atoms with Crippen LogP contribution in [0, 0.1) is 5.41 Å². The Morgan fingerprint density at radius 1 is 0.938 bits per heavy atom. The van der Waals surface area contributed by atoms with Crippen LogP contribution in [0.2, 0.25) is 0 Å². The Morgan fingerprint density at radius 2 is 1.50 bits per heavy atom. The van der Waals surface area contributed by atoms with E-state index >= 15 is 0 Å². The second kappa shape index (κ2) is 10.1. The average Bonchev–Trinajstić information content (AvgIpc) is 2.32. The molecule has 0 fully saturated rings. The van der Waals surface area contributed by atoms with Gasteiger partial charge in [-0.1, -0.05) is 46.5 Å². The summed E-state index contributed by atoms with van der Waals surface area (Å²) in [6.07, 6.45) is 8.04. The minimum atomic E-state index is 0.0290. The van der Waals surface area contributed by atoms with Gasteiger partial charge in [-0.15, -0.1) is 0 Å². The SMILES string of the molecule is CCCCC(CO)(CCCC)COCCC.